The molecule has 2 atom stereocenters. The predicted molar refractivity (Wildman–Crippen MR) is 69.6 cm³/mol. The lowest BCUT2D eigenvalue weighted by atomic mass is 10.1. The number of carboxylic acids is 1. The first-order valence-electron chi connectivity index (χ1n) is 6.35. The summed E-state index contributed by atoms with van der Waals surface area (Å²) in [5, 5.41) is 16.1. The fourth-order valence-corrected chi connectivity index (χ4v) is 2.70. The summed E-state index contributed by atoms with van der Waals surface area (Å²) in [5.74, 6) is -2.23. The normalized spacial score (nSPS) is 24.0. The van der Waals surface area contributed by atoms with Crippen LogP contribution >= 0.6 is 0 Å². The fourth-order valence-electron chi connectivity index (χ4n) is 2.70. The lowest BCUT2D eigenvalue weighted by molar-refractivity contribution is -0.140. The zero-order chi connectivity index (χ0) is 14.4. The number of rotatable bonds is 4. The SMILES string of the molecule is CCc1nn(C)cc1NC(=O)C1C(C(=O)O)C1(C)C. The highest BCUT2D eigenvalue weighted by Gasteiger charge is 2.65. The Morgan fingerprint density at radius 3 is 2.58 bits per heavy atom. The molecule has 2 N–H and O–H groups in total. The Balaban J connectivity index is 2.12. The van der Waals surface area contributed by atoms with Gasteiger partial charge in [0.15, 0.2) is 0 Å². The van der Waals surface area contributed by atoms with Crippen LogP contribution in [-0.4, -0.2) is 26.8 Å². The highest BCUT2D eigenvalue weighted by atomic mass is 16.4. The van der Waals surface area contributed by atoms with Crippen LogP contribution in [0.15, 0.2) is 6.20 Å². The molecule has 6 heteroatoms. The van der Waals surface area contributed by atoms with Crippen molar-refractivity contribution in [3.05, 3.63) is 11.9 Å². The summed E-state index contributed by atoms with van der Waals surface area (Å²) in [4.78, 5) is 23.2. The van der Waals surface area contributed by atoms with E-state index in [1.54, 1.807) is 31.8 Å². The van der Waals surface area contributed by atoms with Crippen molar-refractivity contribution in [1.29, 1.82) is 0 Å². The third-order valence-electron chi connectivity index (χ3n) is 3.87. The molecule has 2 unspecified atom stereocenters. The predicted octanol–water partition coefficient (Wildman–Crippen LogP) is 1.28. The number of carbonyl (C=O) groups excluding carboxylic acids is 1. The molecule has 1 saturated carbocycles. The standard InChI is InChI=1S/C13H19N3O3/c1-5-7-8(6-16(4)15-7)14-11(17)9-10(12(18)19)13(9,2)3/h6,9-10H,5H2,1-4H3,(H,14,17)(H,18,19). The molecule has 19 heavy (non-hydrogen) atoms. The largest absolute Gasteiger partial charge is 0.481 e. The van der Waals surface area contributed by atoms with E-state index in [1.807, 2.05) is 6.92 Å². The van der Waals surface area contributed by atoms with E-state index in [-0.39, 0.29) is 5.91 Å². The van der Waals surface area contributed by atoms with Crippen LogP contribution in [-0.2, 0) is 23.1 Å². The van der Waals surface area contributed by atoms with Crippen LogP contribution in [0.4, 0.5) is 5.69 Å². The minimum Gasteiger partial charge on any atom is -0.481 e. The van der Waals surface area contributed by atoms with Gasteiger partial charge in [0, 0.05) is 13.2 Å². The third kappa shape index (κ3) is 2.22. The molecule has 0 saturated heterocycles. The smallest absolute Gasteiger partial charge is 0.307 e. The van der Waals surface area contributed by atoms with E-state index in [1.165, 1.54) is 0 Å². The quantitative estimate of drug-likeness (QED) is 0.858. The number of nitrogens with one attached hydrogen (secondary N) is 1. The molecule has 1 aliphatic rings. The van der Waals surface area contributed by atoms with E-state index in [0.717, 1.165) is 5.69 Å². The second-order valence-electron chi connectivity index (χ2n) is 5.62. The molecule has 1 aromatic rings. The summed E-state index contributed by atoms with van der Waals surface area (Å²) in [5.41, 5.74) is 0.993. The number of nitrogens with zero attached hydrogens (tertiary/aromatic N) is 2. The molecule has 104 valence electrons. The zero-order valence-corrected chi connectivity index (χ0v) is 11.6. The van der Waals surface area contributed by atoms with Crippen LogP contribution in [0, 0.1) is 17.3 Å². The molecular formula is C13H19N3O3. The summed E-state index contributed by atoms with van der Waals surface area (Å²) >= 11 is 0. The summed E-state index contributed by atoms with van der Waals surface area (Å²) < 4.78 is 1.64. The van der Waals surface area contributed by atoms with E-state index >= 15 is 0 Å². The maximum Gasteiger partial charge on any atom is 0.307 e. The van der Waals surface area contributed by atoms with Crippen LogP contribution < -0.4 is 5.32 Å². The van der Waals surface area contributed by atoms with E-state index in [4.69, 9.17) is 5.11 Å². The minimum absolute atomic E-state index is 0.236. The van der Waals surface area contributed by atoms with Gasteiger partial charge in [-0.2, -0.15) is 5.10 Å². The maximum atomic E-state index is 12.2. The molecule has 2 rings (SSSR count). The second-order valence-corrected chi connectivity index (χ2v) is 5.62. The van der Waals surface area contributed by atoms with Crippen LogP contribution in [0.1, 0.15) is 26.5 Å². The van der Waals surface area contributed by atoms with Crippen molar-refractivity contribution < 1.29 is 14.7 Å². The van der Waals surface area contributed by atoms with Gasteiger partial charge in [-0.1, -0.05) is 20.8 Å². The highest BCUT2D eigenvalue weighted by Crippen LogP contribution is 2.58. The first-order chi connectivity index (χ1) is 8.78. The van der Waals surface area contributed by atoms with Gasteiger partial charge in [0.25, 0.3) is 0 Å². The van der Waals surface area contributed by atoms with Crippen LogP contribution in [0.3, 0.4) is 0 Å². The molecule has 6 nitrogen and oxygen atoms in total. The summed E-state index contributed by atoms with van der Waals surface area (Å²) in [6.45, 7) is 5.57. The lowest BCUT2D eigenvalue weighted by Gasteiger charge is -2.05. The van der Waals surface area contributed by atoms with Gasteiger partial charge in [-0.3, -0.25) is 14.3 Å². The number of aromatic nitrogens is 2. The molecule has 0 aliphatic heterocycles. The van der Waals surface area contributed by atoms with Crippen molar-refractivity contribution in [1.82, 2.24) is 9.78 Å². The highest BCUT2D eigenvalue weighted by molar-refractivity contribution is 5.99. The lowest BCUT2D eigenvalue weighted by Crippen LogP contribution is -2.18. The summed E-state index contributed by atoms with van der Waals surface area (Å²) in [6.07, 6.45) is 2.45. The molecule has 1 heterocycles. The van der Waals surface area contributed by atoms with Gasteiger partial charge in [0.2, 0.25) is 5.91 Å². The van der Waals surface area contributed by atoms with Gasteiger partial charge >= 0.3 is 5.97 Å². The number of aliphatic carboxylic acids is 1. The monoisotopic (exact) mass is 265 g/mol. The van der Waals surface area contributed by atoms with Gasteiger partial charge in [-0.05, 0) is 11.8 Å². The first kappa shape index (κ1) is 13.6. The Bertz CT molecular complexity index is 533. The molecule has 0 spiro atoms. The van der Waals surface area contributed by atoms with E-state index in [9.17, 15) is 9.59 Å². The number of anilines is 1. The molecule has 0 bridgehead atoms. The van der Waals surface area contributed by atoms with Gasteiger partial charge in [-0.15, -0.1) is 0 Å². The number of aryl methyl sites for hydroxylation is 2. The summed E-state index contributed by atoms with van der Waals surface area (Å²) in [6, 6.07) is 0. The van der Waals surface area contributed by atoms with Crippen molar-refractivity contribution >= 4 is 17.6 Å². The van der Waals surface area contributed by atoms with Crippen LogP contribution in [0.5, 0.6) is 0 Å². The van der Waals surface area contributed by atoms with Gasteiger partial charge in [0.05, 0.1) is 23.2 Å². The van der Waals surface area contributed by atoms with Gasteiger partial charge < -0.3 is 10.4 Å². The third-order valence-corrected chi connectivity index (χ3v) is 3.87. The minimum atomic E-state index is -0.910. The number of hydrogen-bond acceptors (Lipinski definition) is 3. The second kappa shape index (κ2) is 4.36. The zero-order valence-electron chi connectivity index (χ0n) is 11.6. The molecule has 1 aliphatic carbocycles. The Morgan fingerprint density at radius 1 is 1.47 bits per heavy atom. The Morgan fingerprint density at radius 2 is 2.11 bits per heavy atom. The number of carboxylic acid groups (broad SMARTS) is 1. The number of hydrogen-bond donors (Lipinski definition) is 2. The fraction of sp³-hybridized carbons (Fsp3) is 0.615. The van der Waals surface area contributed by atoms with Crippen molar-refractivity contribution in [2.24, 2.45) is 24.3 Å². The Kier molecular flexibility index (Phi) is 3.12. The van der Waals surface area contributed by atoms with E-state index in [2.05, 4.69) is 10.4 Å². The first-order valence-corrected chi connectivity index (χ1v) is 6.35. The Hall–Kier alpha value is -1.85. The molecule has 0 aromatic carbocycles. The van der Waals surface area contributed by atoms with Crippen molar-refractivity contribution in [3.8, 4) is 0 Å². The van der Waals surface area contributed by atoms with Crippen molar-refractivity contribution in [2.75, 3.05) is 5.32 Å². The average molecular weight is 265 g/mol. The topological polar surface area (TPSA) is 84.2 Å². The molecule has 1 fully saturated rings. The molecule has 0 radical (unpaired) electrons. The average Bonchev–Trinajstić information content (AvgIpc) is 2.70. The van der Waals surface area contributed by atoms with E-state index < -0.39 is 23.2 Å². The van der Waals surface area contributed by atoms with Crippen LogP contribution in [0.2, 0.25) is 0 Å². The van der Waals surface area contributed by atoms with Crippen molar-refractivity contribution in [3.63, 3.8) is 0 Å². The van der Waals surface area contributed by atoms with E-state index in [0.29, 0.717) is 12.1 Å². The summed E-state index contributed by atoms with van der Waals surface area (Å²) in [7, 11) is 1.79. The molecule has 1 aromatic heterocycles. The molecular weight excluding hydrogens is 246 g/mol. The molecule has 1 amide bonds. The van der Waals surface area contributed by atoms with Gasteiger partial charge in [-0.25, -0.2) is 0 Å². The number of amides is 1. The van der Waals surface area contributed by atoms with Crippen molar-refractivity contribution in [2.45, 2.75) is 27.2 Å². The maximum absolute atomic E-state index is 12.2. The Labute approximate surface area is 111 Å². The number of carbonyl (C=O) groups is 2. The van der Waals surface area contributed by atoms with Gasteiger partial charge in [0.1, 0.15) is 0 Å². The van der Waals surface area contributed by atoms with Crippen LogP contribution in [0.25, 0.3) is 0 Å².